The standard InChI is InChI=1S/C11H21N3O/c1-4-10(2)13-11-12-6-8-14(11)7-5-9-15-3/h6,8,10H,4-5,7,9H2,1-3H3,(H,12,13). The Bertz CT molecular complexity index is 273. The number of anilines is 1. The maximum absolute atomic E-state index is 5.03. The second-order valence-corrected chi connectivity index (χ2v) is 3.74. The molecule has 1 aromatic heterocycles. The SMILES string of the molecule is CCC(C)Nc1nccn1CCCOC. The fraction of sp³-hybridized carbons (Fsp3) is 0.727. The van der Waals surface area contributed by atoms with Crippen molar-refractivity contribution in [3.63, 3.8) is 0 Å². The van der Waals surface area contributed by atoms with Gasteiger partial charge in [0.2, 0.25) is 5.95 Å². The molecule has 4 heteroatoms. The Kier molecular flexibility index (Phi) is 5.18. The number of nitrogens with zero attached hydrogens (tertiary/aromatic N) is 2. The number of rotatable bonds is 7. The summed E-state index contributed by atoms with van der Waals surface area (Å²) in [4.78, 5) is 4.29. The predicted molar refractivity (Wildman–Crippen MR) is 62.1 cm³/mol. The minimum atomic E-state index is 0.466. The van der Waals surface area contributed by atoms with Crippen LogP contribution >= 0.6 is 0 Å². The van der Waals surface area contributed by atoms with Crippen LogP contribution in [0.25, 0.3) is 0 Å². The number of hydrogen-bond acceptors (Lipinski definition) is 3. The van der Waals surface area contributed by atoms with Gasteiger partial charge in [0, 0.05) is 38.7 Å². The minimum Gasteiger partial charge on any atom is -0.385 e. The van der Waals surface area contributed by atoms with E-state index in [2.05, 4.69) is 28.7 Å². The summed E-state index contributed by atoms with van der Waals surface area (Å²) in [6.45, 7) is 6.07. The summed E-state index contributed by atoms with van der Waals surface area (Å²) in [5.74, 6) is 0.959. The molecule has 0 bridgehead atoms. The summed E-state index contributed by atoms with van der Waals surface area (Å²) in [6, 6.07) is 0.466. The van der Waals surface area contributed by atoms with E-state index in [9.17, 15) is 0 Å². The minimum absolute atomic E-state index is 0.466. The molecule has 0 aliphatic rings. The van der Waals surface area contributed by atoms with Crippen molar-refractivity contribution in [3.05, 3.63) is 12.4 Å². The first kappa shape index (κ1) is 12.0. The first-order chi connectivity index (χ1) is 7.27. The van der Waals surface area contributed by atoms with E-state index in [0.29, 0.717) is 6.04 Å². The van der Waals surface area contributed by atoms with Gasteiger partial charge in [0.05, 0.1) is 0 Å². The molecule has 0 aliphatic heterocycles. The highest BCUT2D eigenvalue weighted by atomic mass is 16.5. The van der Waals surface area contributed by atoms with E-state index in [1.807, 2.05) is 12.4 Å². The number of aromatic nitrogens is 2. The van der Waals surface area contributed by atoms with Gasteiger partial charge in [0.1, 0.15) is 0 Å². The molecule has 86 valence electrons. The topological polar surface area (TPSA) is 39.1 Å². The molecular weight excluding hydrogens is 190 g/mol. The zero-order chi connectivity index (χ0) is 11.1. The van der Waals surface area contributed by atoms with Gasteiger partial charge in [-0.1, -0.05) is 6.92 Å². The van der Waals surface area contributed by atoms with Crippen molar-refractivity contribution < 1.29 is 4.74 Å². The number of ether oxygens (including phenoxy) is 1. The summed E-state index contributed by atoms with van der Waals surface area (Å²) in [7, 11) is 1.73. The smallest absolute Gasteiger partial charge is 0.202 e. The Morgan fingerprint density at radius 2 is 2.40 bits per heavy atom. The zero-order valence-corrected chi connectivity index (χ0v) is 9.86. The van der Waals surface area contributed by atoms with Gasteiger partial charge in [0.15, 0.2) is 0 Å². The van der Waals surface area contributed by atoms with E-state index in [-0.39, 0.29) is 0 Å². The Morgan fingerprint density at radius 3 is 3.07 bits per heavy atom. The van der Waals surface area contributed by atoms with Crippen LogP contribution in [0.2, 0.25) is 0 Å². The molecule has 1 atom stereocenters. The molecule has 15 heavy (non-hydrogen) atoms. The molecule has 0 saturated heterocycles. The Morgan fingerprint density at radius 1 is 1.60 bits per heavy atom. The predicted octanol–water partition coefficient (Wildman–Crippen LogP) is 2.13. The molecule has 4 nitrogen and oxygen atoms in total. The quantitative estimate of drug-likeness (QED) is 0.702. The first-order valence-electron chi connectivity index (χ1n) is 5.54. The van der Waals surface area contributed by atoms with Crippen LogP contribution in [0.15, 0.2) is 12.4 Å². The number of imidazole rings is 1. The number of aryl methyl sites for hydroxylation is 1. The van der Waals surface area contributed by atoms with Gasteiger partial charge in [-0.3, -0.25) is 0 Å². The molecule has 1 aromatic rings. The first-order valence-corrected chi connectivity index (χ1v) is 5.54. The average molecular weight is 211 g/mol. The summed E-state index contributed by atoms with van der Waals surface area (Å²) >= 11 is 0. The summed E-state index contributed by atoms with van der Waals surface area (Å²) in [5, 5.41) is 3.38. The molecule has 0 aliphatic carbocycles. The van der Waals surface area contributed by atoms with Crippen LogP contribution in [-0.4, -0.2) is 29.3 Å². The molecule has 0 aromatic carbocycles. The Balaban J connectivity index is 2.45. The van der Waals surface area contributed by atoms with Crippen molar-refractivity contribution in [1.29, 1.82) is 0 Å². The molecule has 1 N–H and O–H groups in total. The molecule has 0 fully saturated rings. The van der Waals surface area contributed by atoms with E-state index in [1.165, 1.54) is 0 Å². The van der Waals surface area contributed by atoms with Gasteiger partial charge >= 0.3 is 0 Å². The fourth-order valence-corrected chi connectivity index (χ4v) is 1.33. The van der Waals surface area contributed by atoms with E-state index in [4.69, 9.17) is 4.74 Å². The van der Waals surface area contributed by atoms with E-state index < -0.39 is 0 Å². The van der Waals surface area contributed by atoms with Crippen molar-refractivity contribution in [2.24, 2.45) is 0 Å². The lowest BCUT2D eigenvalue weighted by atomic mass is 10.3. The molecular formula is C11H21N3O. The third-order valence-corrected chi connectivity index (χ3v) is 2.45. The van der Waals surface area contributed by atoms with Gasteiger partial charge in [-0.25, -0.2) is 4.98 Å². The number of methoxy groups -OCH3 is 1. The highest BCUT2D eigenvalue weighted by Gasteiger charge is 2.04. The summed E-state index contributed by atoms with van der Waals surface area (Å²) in [5.41, 5.74) is 0. The third-order valence-electron chi connectivity index (χ3n) is 2.45. The summed E-state index contributed by atoms with van der Waals surface area (Å²) in [6.07, 6.45) is 5.95. The van der Waals surface area contributed by atoms with Crippen molar-refractivity contribution in [2.45, 2.75) is 39.3 Å². The lowest BCUT2D eigenvalue weighted by Gasteiger charge is -2.14. The Labute approximate surface area is 91.7 Å². The van der Waals surface area contributed by atoms with E-state index in [1.54, 1.807) is 7.11 Å². The third kappa shape index (κ3) is 3.91. The van der Waals surface area contributed by atoms with Crippen LogP contribution in [0.1, 0.15) is 26.7 Å². The number of hydrogen-bond donors (Lipinski definition) is 1. The molecule has 0 spiro atoms. The molecule has 1 unspecified atom stereocenters. The second-order valence-electron chi connectivity index (χ2n) is 3.74. The van der Waals surface area contributed by atoms with Crippen molar-refractivity contribution in [3.8, 4) is 0 Å². The van der Waals surface area contributed by atoms with Gasteiger partial charge in [-0.2, -0.15) is 0 Å². The van der Waals surface area contributed by atoms with Crippen molar-refractivity contribution in [1.82, 2.24) is 9.55 Å². The maximum atomic E-state index is 5.03. The van der Waals surface area contributed by atoms with Crippen molar-refractivity contribution in [2.75, 3.05) is 19.0 Å². The van der Waals surface area contributed by atoms with E-state index >= 15 is 0 Å². The normalized spacial score (nSPS) is 12.7. The van der Waals surface area contributed by atoms with E-state index in [0.717, 1.165) is 31.9 Å². The second kappa shape index (κ2) is 6.45. The highest BCUT2D eigenvalue weighted by Crippen LogP contribution is 2.08. The fourth-order valence-electron chi connectivity index (χ4n) is 1.33. The van der Waals surface area contributed by atoms with Crippen LogP contribution in [-0.2, 0) is 11.3 Å². The van der Waals surface area contributed by atoms with Gasteiger partial charge in [0.25, 0.3) is 0 Å². The molecule has 0 saturated carbocycles. The van der Waals surface area contributed by atoms with Crippen LogP contribution < -0.4 is 5.32 Å². The summed E-state index contributed by atoms with van der Waals surface area (Å²) < 4.78 is 7.16. The monoisotopic (exact) mass is 211 g/mol. The van der Waals surface area contributed by atoms with Gasteiger partial charge in [-0.15, -0.1) is 0 Å². The maximum Gasteiger partial charge on any atom is 0.202 e. The van der Waals surface area contributed by atoms with Crippen LogP contribution in [0.5, 0.6) is 0 Å². The van der Waals surface area contributed by atoms with Gasteiger partial charge < -0.3 is 14.6 Å². The lowest BCUT2D eigenvalue weighted by molar-refractivity contribution is 0.190. The van der Waals surface area contributed by atoms with Crippen molar-refractivity contribution >= 4 is 5.95 Å². The van der Waals surface area contributed by atoms with Crippen LogP contribution in [0, 0.1) is 0 Å². The molecule has 1 rings (SSSR count). The molecule has 1 heterocycles. The number of nitrogens with one attached hydrogen (secondary N) is 1. The average Bonchev–Trinajstić information content (AvgIpc) is 2.66. The zero-order valence-electron chi connectivity index (χ0n) is 9.86. The highest BCUT2D eigenvalue weighted by molar-refractivity contribution is 5.26. The Hall–Kier alpha value is -1.03. The lowest BCUT2D eigenvalue weighted by Crippen LogP contribution is -2.17. The van der Waals surface area contributed by atoms with Crippen LogP contribution in [0.4, 0.5) is 5.95 Å². The largest absolute Gasteiger partial charge is 0.385 e. The van der Waals surface area contributed by atoms with Crippen LogP contribution in [0.3, 0.4) is 0 Å². The molecule has 0 amide bonds. The molecule has 0 radical (unpaired) electrons. The van der Waals surface area contributed by atoms with Gasteiger partial charge in [-0.05, 0) is 19.8 Å².